The van der Waals surface area contributed by atoms with Crippen LogP contribution in [0.25, 0.3) is 0 Å². The highest BCUT2D eigenvalue weighted by molar-refractivity contribution is 14.0. The number of nitrogens with one attached hydrogen (secondary N) is 2. The third kappa shape index (κ3) is 9.08. The van der Waals surface area contributed by atoms with Crippen molar-refractivity contribution in [2.75, 3.05) is 26.8 Å². The normalized spacial score (nSPS) is 11.7. The molecule has 0 aliphatic heterocycles. The zero-order valence-corrected chi connectivity index (χ0v) is 16.6. The second kappa shape index (κ2) is 11.6. The molecule has 0 fully saturated rings. The van der Waals surface area contributed by atoms with E-state index in [0.717, 1.165) is 25.1 Å². The third-order valence-corrected chi connectivity index (χ3v) is 3.76. The fraction of sp³-hybridized carbons (Fsp3) is 0.500. The van der Waals surface area contributed by atoms with Gasteiger partial charge in [-0.1, -0.05) is 12.1 Å². The molecule has 4 N–H and O–H groups in total. The Bertz CT molecular complexity index is 576. The fourth-order valence-corrected chi connectivity index (χ4v) is 2.24. The van der Waals surface area contributed by atoms with Gasteiger partial charge in [0, 0.05) is 26.8 Å². The van der Waals surface area contributed by atoms with E-state index in [0.29, 0.717) is 19.1 Å². The number of ether oxygens (including phenoxy) is 1. The molecule has 9 heteroatoms. The maximum Gasteiger partial charge on any atom is 0.238 e. The fourth-order valence-electron chi connectivity index (χ4n) is 1.72. The van der Waals surface area contributed by atoms with Gasteiger partial charge in [0.05, 0.1) is 11.4 Å². The lowest BCUT2D eigenvalue weighted by atomic mass is 10.2. The number of nitrogens with two attached hydrogens (primary N) is 1. The van der Waals surface area contributed by atoms with Crippen LogP contribution in [-0.4, -0.2) is 41.2 Å². The molecular weight excluding hydrogens is 431 g/mol. The number of sulfonamides is 1. The summed E-state index contributed by atoms with van der Waals surface area (Å²) in [4.78, 5) is 4.55. The molecule has 0 saturated heterocycles. The van der Waals surface area contributed by atoms with E-state index >= 15 is 0 Å². The van der Waals surface area contributed by atoms with Gasteiger partial charge in [-0.15, -0.1) is 24.0 Å². The topological polar surface area (TPSA) is 106 Å². The predicted octanol–water partition coefficient (Wildman–Crippen LogP) is 1.04. The monoisotopic (exact) mass is 456 g/mol. The number of benzene rings is 1. The van der Waals surface area contributed by atoms with Crippen LogP contribution < -0.4 is 15.8 Å². The molecule has 0 aliphatic rings. The van der Waals surface area contributed by atoms with Crippen molar-refractivity contribution in [3.05, 3.63) is 29.8 Å². The zero-order valence-electron chi connectivity index (χ0n) is 13.4. The van der Waals surface area contributed by atoms with Crippen molar-refractivity contribution in [2.24, 2.45) is 10.1 Å². The van der Waals surface area contributed by atoms with Crippen LogP contribution in [0.2, 0.25) is 0 Å². The lowest BCUT2D eigenvalue weighted by molar-refractivity contribution is 0.195. The van der Waals surface area contributed by atoms with Crippen molar-refractivity contribution in [1.82, 2.24) is 10.6 Å². The Labute approximate surface area is 155 Å². The lowest BCUT2D eigenvalue weighted by Gasteiger charge is -2.11. The maximum atomic E-state index is 11.2. The van der Waals surface area contributed by atoms with E-state index in [-0.39, 0.29) is 28.9 Å². The molecule has 1 aromatic rings. The molecule has 0 heterocycles. The Morgan fingerprint density at radius 1 is 1.26 bits per heavy atom. The molecule has 1 aromatic carbocycles. The van der Waals surface area contributed by atoms with E-state index in [1.807, 2.05) is 6.92 Å². The minimum atomic E-state index is -3.65. The van der Waals surface area contributed by atoms with Gasteiger partial charge >= 0.3 is 0 Å². The van der Waals surface area contributed by atoms with Crippen LogP contribution in [0.1, 0.15) is 18.9 Å². The first-order valence-corrected chi connectivity index (χ1v) is 8.65. The van der Waals surface area contributed by atoms with E-state index < -0.39 is 10.0 Å². The van der Waals surface area contributed by atoms with Crippen molar-refractivity contribution >= 4 is 40.0 Å². The van der Waals surface area contributed by atoms with Gasteiger partial charge in [0.1, 0.15) is 0 Å². The highest BCUT2D eigenvalue weighted by Gasteiger charge is 2.06. The highest BCUT2D eigenvalue weighted by atomic mass is 127. The number of aliphatic imine (C=N–C) groups is 1. The molecular formula is C14H25IN4O3S. The summed E-state index contributed by atoms with van der Waals surface area (Å²) in [6.07, 6.45) is 0.893. The first-order chi connectivity index (χ1) is 10.5. The van der Waals surface area contributed by atoms with Gasteiger partial charge < -0.3 is 15.4 Å². The highest BCUT2D eigenvalue weighted by Crippen LogP contribution is 2.09. The molecule has 0 saturated carbocycles. The van der Waals surface area contributed by atoms with Crippen LogP contribution in [0.5, 0.6) is 0 Å². The summed E-state index contributed by atoms with van der Waals surface area (Å²) in [6.45, 7) is 4.67. The minimum absolute atomic E-state index is 0. The maximum absolute atomic E-state index is 11.2. The summed E-state index contributed by atoms with van der Waals surface area (Å²) in [5.74, 6) is 0.717. The Hall–Kier alpha value is -0.910. The van der Waals surface area contributed by atoms with Gasteiger partial charge in [-0.2, -0.15) is 0 Å². The second-order valence-corrected chi connectivity index (χ2v) is 6.22. The van der Waals surface area contributed by atoms with E-state index in [1.54, 1.807) is 19.2 Å². The van der Waals surface area contributed by atoms with Gasteiger partial charge in [-0.3, -0.25) is 0 Å². The zero-order chi connectivity index (χ0) is 16.4. The molecule has 0 spiro atoms. The predicted molar refractivity (Wildman–Crippen MR) is 103 cm³/mol. The minimum Gasteiger partial charge on any atom is -0.385 e. The number of primary sulfonamides is 1. The molecule has 0 amide bonds. The first kappa shape index (κ1) is 22.1. The number of guanidine groups is 1. The van der Waals surface area contributed by atoms with E-state index in [4.69, 9.17) is 9.88 Å². The van der Waals surface area contributed by atoms with E-state index in [9.17, 15) is 8.42 Å². The number of halogens is 1. The van der Waals surface area contributed by atoms with Crippen LogP contribution in [0, 0.1) is 0 Å². The summed E-state index contributed by atoms with van der Waals surface area (Å²) in [5.41, 5.74) is 0.904. The average Bonchev–Trinajstić information content (AvgIpc) is 2.48. The smallest absolute Gasteiger partial charge is 0.238 e. The van der Waals surface area contributed by atoms with Crippen molar-refractivity contribution in [2.45, 2.75) is 24.8 Å². The van der Waals surface area contributed by atoms with Crippen molar-refractivity contribution < 1.29 is 13.2 Å². The van der Waals surface area contributed by atoms with Crippen LogP contribution in [0.3, 0.4) is 0 Å². The summed E-state index contributed by atoms with van der Waals surface area (Å²) >= 11 is 0. The Morgan fingerprint density at radius 2 is 1.91 bits per heavy atom. The molecule has 23 heavy (non-hydrogen) atoms. The molecule has 0 bridgehead atoms. The summed E-state index contributed by atoms with van der Waals surface area (Å²) < 4.78 is 27.4. The molecule has 7 nitrogen and oxygen atoms in total. The molecule has 0 aromatic heterocycles. The van der Waals surface area contributed by atoms with Gasteiger partial charge in [-0.25, -0.2) is 18.5 Å². The molecule has 0 atom stereocenters. The van der Waals surface area contributed by atoms with Crippen LogP contribution in [0.4, 0.5) is 0 Å². The second-order valence-electron chi connectivity index (χ2n) is 4.66. The quantitative estimate of drug-likeness (QED) is 0.235. The van der Waals surface area contributed by atoms with Crippen molar-refractivity contribution in [1.29, 1.82) is 0 Å². The Morgan fingerprint density at radius 3 is 2.43 bits per heavy atom. The van der Waals surface area contributed by atoms with Gasteiger partial charge in [0.15, 0.2) is 5.96 Å². The standard InChI is InChI=1S/C14H24N4O3S.HI/c1-3-16-14(17-9-4-10-21-2)18-11-12-5-7-13(8-6-12)22(15,19)20;/h5-8H,3-4,9-11H2,1-2H3,(H2,15,19,20)(H2,16,17,18);1H. The van der Waals surface area contributed by atoms with Crippen molar-refractivity contribution in [3.8, 4) is 0 Å². The van der Waals surface area contributed by atoms with Crippen LogP contribution in [-0.2, 0) is 21.3 Å². The Kier molecular flexibility index (Phi) is 11.1. The third-order valence-electron chi connectivity index (χ3n) is 2.83. The lowest BCUT2D eigenvalue weighted by Crippen LogP contribution is -2.38. The molecule has 0 aliphatic carbocycles. The number of hydrogen-bond donors (Lipinski definition) is 3. The van der Waals surface area contributed by atoms with Gasteiger partial charge in [0.25, 0.3) is 0 Å². The van der Waals surface area contributed by atoms with Gasteiger partial charge in [-0.05, 0) is 31.0 Å². The number of hydrogen-bond acceptors (Lipinski definition) is 4. The first-order valence-electron chi connectivity index (χ1n) is 7.10. The SMILES string of the molecule is CCNC(=NCc1ccc(S(N)(=O)=O)cc1)NCCCOC.I. The van der Waals surface area contributed by atoms with Crippen molar-refractivity contribution in [3.63, 3.8) is 0 Å². The summed E-state index contributed by atoms with van der Waals surface area (Å²) in [7, 11) is -1.98. The summed E-state index contributed by atoms with van der Waals surface area (Å²) in [6, 6.07) is 6.38. The van der Waals surface area contributed by atoms with Crippen LogP contribution in [0.15, 0.2) is 34.2 Å². The molecule has 1 rings (SSSR count). The largest absolute Gasteiger partial charge is 0.385 e. The molecule has 132 valence electrons. The number of methoxy groups -OCH3 is 1. The van der Waals surface area contributed by atoms with E-state index in [1.165, 1.54) is 12.1 Å². The average molecular weight is 456 g/mol. The molecule has 0 radical (unpaired) electrons. The number of rotatable bonds is 8. The molecule has 0 unspecified atom stereocenters. The Balaban J connectivity index is 0.00000484. The van der Waals surface area contributed by atoms with E-state index in [2.05, 4.69) is 15.6 Å². The number of nitrogens with zero attached hydrogens (tertiary/aromatic N) is 1. The van der Waals surface area contributed by atoms with Crippen LogP contribution >= 0.6 is 24.0 Å². The summed E-state index contributed by atoms with van der Waals surface area (Å²) in [5, 5.41) is 11.4. The van der Waals surface area contributed by atoms with Gasteiger partial charge in [0.2, 0.25) is 10.0 Å².